The van der Waals surface area contributed by atoms with Gasteiger partial charge in [0.15, 0.2) is 5.75 Å². The van der Waals surface area contributed by atoms with Gasteiger partial charge in [0, 0.05) is 25.6 Å². The highest BCUT2D eigenvalue weighted by molar-refractivity contribution is 6.01. The lowest BCUT2D eigenvalue weighted by Crippen LogP contribution is -2.31. The molecule has 10 heteroatoms. The van der Waals surface area contributed by atoms with Gasteiger partial charge < -0.3 is 19.5 Å². The van der Waals surface area contributed by atoms with E-state index >= 15 is 0 Å². The second-order valence-electron chi connectivity index (χ2n) is 7.26. The Morgan fingerprint density at radius 2 is 1.88 bits per heavy atom. The third-order valence-corrected chi connectivity index (χ3v) is 4.84. The Morgan fingerprint density at radius 1 is 1.24 bits per heavy atom. The largest absolute Gasteiger partial charge is 0.514 e. The van der Waals surface area contributed by atoms with E-state index in [9.17, 15) is 30.1 Å². The fourth-order valence-corrected chi connectivity index (χ4v) is 3.17. The van der Waals surface area contributed by atoms with Crippen molar-refractivity contribution in [3.63, 3.8) is 0 Å². The fraction of sp³-hybridized carbons (Fsp3) is 0.292. The maximum Gasteiger partial charge on any atom is 0.514 e. The van der Waals surface area contributed by atoms with Crippen LogP contribution in [0.15, 0.2) is 48.0 Å². The zero-order chi connectivity index (χ0) is 25.3. The number of nitro groups is 1. The number of hydrogen-bond acceptors (Lipinski definition) is 8. The van der Waals surface area contributed by atoms with Gasteiger partial charge >= 0.3 is 11.8 Å². The van der Waals surface area contributed by atoms with Gasteiger partial charge in [-0.3, -0.25) is 14.9 Å². The molecule has 0 saturated heterocycles. The summed E-state index contributed by atoms with van der Waals surface area (Å²) in [6.45, 7) is 5.88. The third-order valence-electron chi connectivity index (χ3n) is 4.84. The maximum atomic E-state index is 12.5. The first-order chi connectivity index (χ1) is 16.2. The number of phenolic OH excluding ortho intramolecular Hbond substituents is 1. The number of hydrogen-bond donors (Lipinski definition) is 1. The first-order valence-corrected chi connectivity index (χ1v) is 10.5. The number of phenols is 1. The van der Waals surface area contributed by atoms with Crippen LogP contribution < -0.4 is 4.74 Å². The predicted molar refractivity (Wildman–Crippen MR) is 123 cm³/mol. The first kappa shape index (κ1) is 25.9. The van der Waals surface area contributed by atoms with E-state index < -0.39 is 40.3 Å². The topological polar surface area (TPSA) is 143 Å². The number of rotatable bonds is 9. The van der Waals surface area contributed by atoms with Gasteiger partial charge in [0.25, 0.3) is 5.91 Å². The van der Waals surface area contributed by atoms with Crippen molar-refractivity contribution < 1.29 is 29.1 Å². The van der Waals surface area contributed by atoms with Crippen LogP contribution >= 0.6 is 0 Å². The number of likely N-dealkylation sites (N-methyl/N-ethyl adjacent to an activating group) is 1. The molecule has 1 N–H and O–H groups in total. The van der Waals surface area contributed by atoms with E-state index in [0.717, 1.165) is 23.8 Å². The van der Waals surface area contributed by atoms with Crippen molar-refractivity contribution in [3.8, 4) is 17.6 Å². The normalized spacial score (nSPS) is 11.8. The van der Waals surface area contributed by atoms with Crippen LogP contribution in [0.2, 0.25) is 0 Å². The van der Waals surface area contributed by atoms with E-state index in [0.29, 0.717) is 19.5 Å². The zero-order valence-corrected chi connectivity index (χ0v) is 19.1. The van der Waals surface area contributed by atoms with Crippen molar-refractivity contribution in [1.82, 2.24) is 4.90 Å². The molecule has 0 heterocycles. The Morgan fingerprint density at radius 3 is 2.44 bits per heavy atom. The van der Waals surface area contributed by atoms with Crippen LogP contribution in [0.4, 0.5) is 10.5 Å². The van der Waals surface area contributed by atoms with Gasteiger partial charge in [-0.1, -0.05) is 30.3 Å². The Balaban J connectivity index is 2.30. The molecule has 0 bridgehead atoms. The second-order valence-corrected chi connectivity index (χ2v) is 7.26. The van der Waals surface area contributed by atoms with E-state index in [1.54, 1.807) is 26.8 Å². The molecular formula is C24H25N3O7. The lowest BCUT2D eigenvalue weighted by molar-refractivity contribution is -0.385. The second kappa shape index (κ2) is 12.0. The quantitative estimate of drug-likeness (QED) is 0.144. The van der Waals surface area contributed by atoms with Crippen LogP contribution in [0, 0.1) is 21.4 Å². The van der Waals surface area contributed by atoms with Crippen LogP contribution in [-0.2, 0) is 16.0 Å². The molecule has 0 radical (unpaired) electrons. The summed E-state index contributed by atoms with van der Waals surface area (Å²) in [6.07, 6.45) is -0.214. The summed E-state index contributed by atoms with van der Waals surface area (Å²) in [6, 6.07) is 13.1. The Hall–Kier alpha value is -4.39. The minimum atomic E-state index is -1.17. The van der Waals surface area contributed by atoms with Crippen LogP contribution in [0.25, 0.3) is 6.08 Å². The van der Waals surface area contributed by atoms with Gasteiger partial charge in [-0.05, 0) is 44.0 Å². The molecule has 2 rings (SSSR count). The molecule has 178 valence electrons. The van der Waals surface area contributed by atoms with E-state index in [4.69, 9.17) is 9.47 Å². The average molecular weight is 467 g/mol. The molecule has 2 aromatic carbocycles. The number of ether oxygens (including phenoxy) is 2. The van der Waals surface area contributed by atoms with E-state index in [-0.39, 0.29) is 11.1 Å². The molecule has 1 atom stereocenters. The van der Waals surface area contributed by atoms with Crippen LogP contribution in [0.5, 0.6) is 11.5 Å². The third kappa shape index (κ3) is 6.80. The zero-order valence-electron chi connectivity index (χ0n) is 19.1. The Labute approximate surface area is 196 Å². The number of carbonyl (C=O) groups is 2. The number of nitrogens with zero attached hydrogens (tertiary/aromatic N) is 3. The van der Waals surface area contributed by atoms with Crippen molar-refractivity contribution in [2.75, 3.05) is 13.1 Å². The first-order valence-electron chi connectivity index (χ1n) is 10.5. The molecular weight excluding hydrogens is 442 g/mol. The van der Waals surface area contributed by atoms with Gasteiger partial charge in [0.05, 0.1) is 4.92 Å². The summed E-state index contributed by atoms with van der Waals surface area (Å²) < 4.78 is 10.2. The van der Waals surface area contributed by atoms with Gasteiger partial charge in [0.2, 0.25) is 5.75 Å². The minimum Gasteiger partial charge on any atom is -0.499 e. The Kier molecular flexibility index (Phi) is 9.14. The minimum absolute atomic E-state index is 0.0155. The lowest BCUT2D eigenvalue weighted by Gasteiger charge is -2.17. The summed E-state index contributed by atoms with van der Waals surface area (Å²) in [7, 11) is 0. The molecule has 0 saturated carbocycles. The molecule has 0 fully saturated rings. The molecule has 34 heavy (non-hydrogen) atoms. The molecule has 10 nitrogen and oxygen atoms in total. The molecule has 1 amide bonds. The highest BCUT2D eigenvalue weighted by Gasteiger charge is 2.24. The summed E-state index contributed by atoms with van der Waals surface area (Å²) in [5.74, 6) is -1.98. The molecule has 0 aliphatic carbocycles. The van der Waals surface area contributed by atoms with Crippen LogP contribution in [0.1, 0.15) is 31.9 Å². The number of aromatic hydroxyl groups is 1. The smallest absolute Gasteiger partial charge is 0.499 e. The molecule has 1 unspecified atom stereocenters. The number of nitriles is 1. The predicted octanol–water partition coefficient (Wildman–Crippen LogP) is 4.22. The monoisotopic (exact) mass is 467 g/mol. The molecule has 0 spiro atoms. The van der Waals surface area contributed by atoms with Crippen LogP contribution in [-0.4, -0.2) is 46.2 Å². The highest BCUT2D eigenvalue weighted by atomic mass is 16.7. The van der Waals surface area contributed by atoms with Crippen molar-refractivity contribution in [3.05, 3.63) is 69.3 Å². The van der Waals surface area contributed by atoms with Crippen molar-refractivity contribution in [2.45, 2.75) is 33.3 Å². The summed E-state index contributed by atoms with van der Waals surface area (Å²) in [5.41, 5.74) is -0.0906. The summed E-state index contributed by atoms with van der Waals surface area (Å²) >= 11 is 0. The van der Waals surface area contributed by atoms with Gasteiger partial charge in [0.1, 0.15) is 17.7 Å². The maximum absolute atomic E-state index is 12.5. The van der Waals surface area contributed by atoms with Gasteiger partial charge in [-0.15, -0.1) is 0 Å². The molecule has 0 aliphatic rings. The van der Waals surface area contributed by atoms with Crippen molar-refractivity contribution in [2.24, 2.45) is 0 Å². The SMILES string of the molecule is CCN(CC)C(=O)C(C#N)=Cc1cc(OC(=O)OC(C)Cc2ccccc2)c(O)c([N+](=O)[O-])c1. The Bertz CT molecular complexity index is 1120. The van der Waals surface area contributed by atoms with E-state index in [2.05, 4.69) is 0 Å². The fourth-order valence-electron chi connectivity index (χ4n) is 3.17. The lowest BCUT2D eigenvalue weighted by atomic mass is 10.1. The van der Waals surface area contributed by atoms with Gasteiger partial charge in [-0.2, -0.15) is 5.26 Å². The highest BCUT2D eigenvalue weighted by Crippen LogP contribution is 2.38. The standard InChI is InChI=1S/C24H25N3O7/c1-4-26(5-2)23(29)19(15-25)12-18-13-20(27(31)32)22(28)21(14-18)34-24(30)33-16(3)11-17-9-7-6-8-10-17/h6-10,12-14,16,28H,4-5,11H2,1-3H3. The number of carbonyl (C=O) groups excluding carboxylic acids is 2. The summed E-state index contributed by atoms with van der Waals surface area (Å²) in [4.78, 5) is 36.7. The number of nitro benzene ring substituents is 1. The van der Waals surface area contributed by atoms with Crippen molar-refractivity contribution >= 4 is 23.8 Å². The number of benzene rings is 2. The summed E-state index contributed by atoms with van der Waals surface area (Å²) in [5, 5.41) is 31.0. The number of amides is 1. The molecule has 2 aromatic rings. The van der Waals surface area contributed by atoms with Crippen LogP contribution in [0.3, 0.4) is 0 Å². The van der Waals surface area contributed by atoms with Gasteiger partial charge in [-0.25, -0.2) is 4.79 Å². The van der Waals surface area contributed by atoms with E-state index in [1.807, 2.05) is 30.3 Å². The average Bonchev–Trinajstić information content (AvgIpc) is 2.80. The molecule has 0 aliphatic heterocycles. The van der Waals surface area contributed by atoms with Crippen molar-refractivity contribution in [1.29, 1.82) is 5.26 Å². The molecule has 0 aromatic heterocycles. The van der Waals surface area contributed by atoms with E-state index in [1.165, 1.54) is 4.90 Å².